The van der Waals surface area contributed by atoms with Crippen LogP contribution in [0, 0.1) is 45.3 Å². The van der Waals surface area contributed by atoms with Gasteiger partial charge in [-0.3, -0.25) is 0 Å². The van der Waals surface area contributed by atoms with E-state index in [1.807, 2.05) is 72.8 Å². The van der Waals surface area contributed by atoms with Gasteiger partial charge in [0, 0.05) is 55.2 Å². The maximum absolute atomic E-state index is 10.6. The summed E-state index contributed by atoms with van der Waals surface area (Å²) < 4.78 is 4.62. The minimum absolute atomic E-state index is 0.393. The molecule has 3 heterocycles. The highest BCUT2D eigenvalue weighted by molar-refractivity contribution is 6.12. The van der Waals surface area contributed by atoms with E-state index < -0.39 is 0 Å². The number of hydrogen-bond acceptors (Lipinski definition) is 6. The number of fused-ring (bicyclic) bond motifs is 6. The highest BCUT2D eigenvalue weighted by Gasteiger charge is 2.19. The monoisotopic (exact) mass is 890 g/mol. The van der Waals surface area contributed by atoms with Crippen molar-refractivity contribution in [2.75, 3.05) is 0 Å². The Labute approximate surface area is 402 Å². The summed E-state index contributed by atoms with van der Waals surface area (Å²) >= 11 is 0. The molecule has 0 amide bonds. The normalized spacial score (nSPS) is 11.1. The van der Waals surface area contributed by atoms with Crippen LogP contribution in [0.25, 0.3) is 111 Å². The van der Waals surface area contributed by atoms with Crippen LogP contribution in [0.1, 0.15) is 22.3 Å². The average Bonchev–Trinajstić information content (AvgIpc) is 3.95. The highest BCUT2D eigenvalue weighted by atomic mass is 15.0. The Morgan fingerprint density at radius 3 is 1.37 bits per heavy atom. The Kier molecular flexibility index (Phi) is 9.86. The van der Waals surface area contributed by atoms with Crippen LogP contribution in [0.3, 0.4) is 0 Å². The molecule has 70 heavy (non-hydrogen) atoms. The van der Waals surface area contributed by atoms with E-state index in [0.717, 1.165) is 72.0 Å². The number of nitriles is 4. The Morgan fingerprint density at radius 2 is 0.786 bits per heavy atom. The first kappa shape index (κ1) is 41.1. The molecule has 0 aliphatic carbocycles. The maximum atomic E-state index is 10.6. The van der Waals surface area contributed by atoms with E-state index in [-0.39, 0.29) is 0 Å². The topological polar surface area (TPSA) is 131 Å². The third-order valence-electron chi connectivity index (χ3n) is 13.1. The molecule has 3 aromatic heterocycles. The fraction of sp³-hybridized carbons (Fsp3) is 0. The molecule has 0 unspecified atom stereocenters. The lowest BCUT2D eigenvalue weighted by Crippen LogP contribution is -1.97. The Morgan fingerprint density at radius 1 is 0.314 bits per heavy atom. The minimum Gasteiger partial charge on any atom is -0.309 e. The SMILES string of the molecule is N#Cc1cccc(-c2cc(-c3ccc(-c4cc(C#N)c(-c5ccc(-n6c7ccccc7c7cc(-n8c9ccccc9c9ccccc98)ccc76)cc5)c(C#N)c4)cc3)nc(-c3cccc(C#N)c3)n2)c1. The smallest absolute Gasteiger partial charge is 0.160 e. The third-order valence-corrected chi connectivity index (χ3v) is 13.1. The quantitative estimate of drug-likeness (QED) is 0.157. The average molecular weight is 891 g/mol. The molecule has 0 fully saturated rings. The van der Waals surface area contributed by atoms with Gasteiger partial charge in [0.25, 0.3) is 0 Å². The molecule has 0 atom stereocenters. The molecule has 8 nitrogen and oxygen atoms in total. The van der Waals surface area contributed by atoms with E-state index in [0.29, 0.717) is 50.6 Å². The minimum atomic E-state index is 0.393. The number of hydrogen-bond donors (Lipinski definition) is 0. The van der Waals surface area contributed by atoms with Gasteiger partial charge in [-0.05, 0) is 108 Å². The molecular weight excluding hydrogens is 857 g/mol. The fourth-order valence-corrected chi connectivity index (χ4v) is 9.83. The van der Waals surface area contributed by atoms with Gasteiger partial charge in [-0.15, -0.1) is 0 Å². The van der Waals surface area contributed by atoms with E-state index in [1.165, 1.54) is 10.8 Å². The maximum Gasteiger partial charge on any atom is 0.160 e. The van der Waals surface area contributed by atoms with Crippen molar-refractivity contribution >= 4 is 43.6 Å². The zero-order valence-corrected chi connectivity index (χ0v) is 37.2. The summed E-state index contributed by atoms with van der Waals surface area (Å²) in [6, 6.07) is 77.3. The van der Waals surface area contributed by atoms with Crippen LogP contribution in [-0.4, -0.2) is 19.1 Å². The summed E-state index contributed by atoms with van der Waals surface area (Å²) in [5.41, 5.74) is 14.7. The predicted octanol–water partition coefficient (Wildman–Crippen LogP) is 14.5. The molecule has 0 saturated carbocycles. The number of aromatic nitrogens is 4. The summed E-state index contributed by atoms with van der Waals surface area (Å²) in [4.78, 5) is 9.79. The van der Waals surface area contributed by atoms with Gasteiger partial charge < -0.3 is 9.13 Å². The zero-order chi connectivity index (χ0) is 47.3. The second-order valence-electron chi connectivity index (χ2n) is 17.1. The van der Waals surface area contributed by atoms with Crippen molar-refractivity contribution in [1.82, 2.24) is 19.1 Å². The van der Waals surface area contributed by atoms with E-state index >= 15 is 0 Å². The second-order valence-corrected chi connectivity index (χ2v) is 17.1. The standard InChI is InChI=1S/C62H34N8/c63-35-39-9-7-11-44(29-39)56-34-55(67-62(68-56)45-12-8-10-40(30-45)36-64)42-21-19-41(20-22-42)46-31-47(37-65)61(48(32-46)38-66)43-23-25-49(26-24-43)69-59-18-6-3-15-53(59)54-33-50(27-28-60(54)69)70-57-16-4-1-13-51(57)52-14-2-5-17-58(52)70/h1-34H. The highest BCUT2D eigenvalue weighted by Crippen LogP contribution is 2.39. The van der Waals surface area contributed by atoms with Crippen LogP contribution in [0.15, 0.2) is 206 Å². The molecule has 12 rings (SSSR count). The van der Waals surface area contributed by atoms with Crippen LogP contribution in [0.2, 0.25) is 0 Å². The van der Waals surface area contributed by atoms with E-state index in [9.17, 15) is 21.0 Å². The van der Waals surface area contributed by atoms with Crippen LogP contribution in [-0.2, 0) is 0 Å². The van der Waals surface area contributed by atoms with Crippen molar-refractivity contribution in [2.24, 2.45) is 0 Å². The van der Waals surface area contributed by atoms with Gasteiger partial charge in [0.2, 0.25) is 0 Å². The summed E-state index contributed by atoms with van der Waals surface area (Å²) in [7, 11) is 0. The van der Waals surface area contributed by atoms with Crippen LogP contribution < -0.4 is 0 Å². The van der Waals surface area contributed by atoms with E-state index in [1.54, 1.807) is 30.3 Å². The molecule has 9 aromatic carbocycles. The van der Waals surface area contributed by atoms with E-state index in [4.69, 9.17) is 9.97 Å². The largest absolute Gasteiger partial charge is 0.309 e. The molecule has 12 aromatic rings. The van der Waals surface area contributed by atoms with Crippen LogP contribution in [0.5, 0.6) is 0 Å². The Bertz CT molecular complexity index is 4120. The van der Waals surface area contributed by atoms with Crippen molar-refractivity contribution in [3.8, 4) is 91.8 Å². The number of nitrogens with zero attached hydrogens (tertiary/aromatic N) is 8. The molecule has 0 aliphatic heterocycles. The Hall–Kier alpha value is -10.4. The fourth-order valence-electron chi connectivity index (χ4n) is 9.83. The molecule has 0 radical (unpaired) electrons. The first-order valence-corrected chi connectivity index (χ1v) is 22.6. The van der Waals surface area contributed by atoms with Gasteiger partial charge in [0.05, 0.1) is 80.0 Å². The molecule has 322 valence electrons. The molecule has 8 heteroatoms. The number of para-hydroxylation sites is 3. The lowest BCUT2D eigenvalue weighted by molar-refractivity contribution is 1.17. The van der Waals surface area contributed by atoms with Gasteiger partial charge in [0.15, 0.2) is 5.82 Å². The molecule has 0 spiro atoms. The van der Waals surface area contributed by atoms with E-state index in [2.05, 4.69) is 137 Å². The van der Waals surface area contributed by atoms with Gasteiger partial charge in [-0.2, -0.15) is 21.0 Å². The molecule has 0 bridgehead atoms. The third kappa shape index (κ3) is 6.90. The molecule has 0 saturated heterocycles. The number of rotatable bonds is 7. The lowest BCUT2D eigenvalue weighted by Gasteiger charge is -2.13. The van der Waals surface area contributed by atoms with Gasteiger partial charge in [-0.25, -0.2) is 9.97 Å². The van der Waals surface area contributed by atoms with Crippen molar-refractivity contribution in [3.05, 3.63) is 229 Å². The van der Waals surface area contributed by atoms with Crippen molar-refractivity contribution in [1.29, 1.82) is 21.0 Å². The lowest BCUT2D eigenvalue weighted by atomic mass is 9.90. The van der Waals surface area contributed by atoms with Crippen molar-refractivity contribution < 1.29 is 0 Å². The first-order chi connectivity index (χ1) is 34.5. The molecular formula is C62H34N8. The summed E-state index contributed by atoms with van der Waals surface area (Å²) in [5, 5.41) is 45.1. The zero-order valence-electron chi connectivity index (χ0n) is 37.2. The summed E-state index contributed by atoms with van der Waals surface area (Å²) in [5.74, 6) is 0.442. The summed E-state index contributed by atoms with van der Waals surface area (Å²) in [6.45, 7) is 0. The van der Waals surface area contributed by atoms with Gasteiger partial charge >= 0.3 is 0 Å². The predicted molar refractivity (Wildman–Crippen MR) is 277 cm³/mol. The van der Waals surface area contributed by atoms with Crippen LogP contribution >= 0.6 is 0 Å². The van der Waals surface area contributed by atoms with Crippen molar-refractivity contribution in [2.45, 2.75) is 0 Å². The molecule has 0 N–H and O–H groups in total. The van der Waals surface area contributed by atoms with Gasteiger partial charge in [0.1, 0.15) is 0 Å². The Balaban J connectivity index is 0.888. The number of benzene rings is 9. The van der Waals surface area contributed by atoms with Crippen molar-refractivity contribution in [3.63, 3.8) is 0 Å². The first-order valence-electron chi connectivity index (χ1n) is 22.6. The molecule has 0 aliphatic rings. The van der Waals surface area contributed by atoms with Gasteiger partial charge in [-0.1, -0.05) is 115 Å². The second kappa shape index (κ2) is 16.8. The van der Waals surface area contributed by atoms with Crippen LogP contribution in [0.4, 0.5) is 0 Å². The summed E-state index contributed by atoms with van der Waals surface area (Å²) in [6.07, 6.45) is 0.